The molecule has 0 aliphatic carbocycles. The summed E-state index contributed by atoms with van der Waals surface area (Å²) in [5.74, 6) is -0.600. The van der Waals surface area contributed by atoms with Crippen molar-refractivity contribution >= 4 is 39.3 Å². The van der Waals surface area contributed by atoms with E-state index in [-0.39, 0.29) is 17.1 Å². The van der Waals surface area contributed by atoms with Gasteiger partial charge in [-0.15, -0.1) is 0 Å². The average Bonchev–Trinajstić information content (AvgIpc) is 3.13. The van der Waals surface area contributed by atoms with Crippen LogP contribution in [0, 0.1) is 0 Å². The van der Waals surface area contributed by atoms with Crippen molar-refractivity contribution in [1.82, 2.24) is 19.5 Å². The lowest BCUT2D eigenvalue weighted by Crippen LogP contribution is -2.36. The minimum atomic E-state index is -0.768. The monoisotopic (exact) mass is 463 g/mol. The third-order valence-electron chi connectivity index (χ3n) is 4.01. The van der Waals surface area contributed by atoms with Crippen molar-refractivity contribution in [3.05, 3.63) is 61.3 Å². The Morgan fingerprint density at radius 1 is 1.25 bits per heavy atom. The van der Waals surface area contributed by atoms with Gasteiger partial charge in [-0.3, -0.25) is 19.1 Å². The van der Waals surface area contributed by atoms with Crippen LogP contribution in [0.25, 0.3) is 11.3 Å². The first-order chi connectivity index (χ1) is 13.4. The van der Waals surface area contributed by atoms with Gasteiger partial charge in [-0.2, -0.15) is 0 Å². The molecule has 0 aliphatic heterocycles. The Morgan fingerprint density at radius 3 is 2.64 bits per heavy atom. The van der Waals surface area contributed by atoms with Crippen molar-refractivity contribution < 1.29 is 4.79 Å². The van der Waals surface area contributed by atoms with Crippen molar-refractivity contribution in [2.45, 2.75) is 25.0 Å². The predicted octanol–water partition coefficient (Wildman–Crippen LogP) is 2.66. The minimum Gasteiger partial charge on any atom is -0.384 e. The van der Waals surface area contributed by atoms with Crippen LogP contribution in [0.15, 0.2) is 49.7 Å². The van der Waals surface area contributed by atoms with Crippen molar-refractivity contribution in [3.63, 3.8) is 0 Å². The normalized spacial score (nSPS) is 10.9. The number of anilines is 1. The number of nitrogen functional groups attached to an aromatic ring is 1. The molecule has 10 heteroatoms. The maximum Gasteiger partial charge on any atom is 0.329 e. The molecule has 0 radical (unpaired) electrons. The zero-order valence-electron chi connectivity index (χ0n) is 15.0. The number of H-pyrrole nitrogens is 2. The molecule has 28 heavy (non-hydrogen) atoms. The van der Waals surface area contributed by atoms with Gasteiger partial charge < -0.3 is 10.7 Å². The van der Waals surface area contributed by atoms with Gasteiger partial charge in [0.25, 0.3) is 5.56 Å². The van der Waals surface area contributed by atoms with Crippen LogP contribution in [0.5, 0.6) is 0 Å². The second kappa shape index (κ2) is 8.61. The topological polar surface area (TPSA) is 127 Å². The maximum atomic E-state index is 12.6. The molecule has 0 bridgehead atoms. The molecule has 3 rings (SSSR count). The van der Waals surface area contributed by atoms with E-state index in [4.69, 9.17) is 5.73 Å². The summed E-state index contributed by atoms with van der Waals surface area (Å²) in [6, 6.07) is 7.72. The Balaban J connectivity index is 1.76. The zero-order valence-corrected chi connectivity index (χ0v) is 17.4. The highest BCUT2D eigenvalue weighted by Crippen LogP contribution is 2.23. The second-order valence-corrected chi connectivity index (χ2v) is 7.87. The van der Waals surface area contributed by atoms with E-state index < -0.39 is 17.0 Å². The van der Waals surface area contributed by atoms with Crippen LogP contribution < -0.4 is 17.0 Å². The molecular formula is C18H18BrN5O3S. The summed E-state index contributed by atoms with van der Waals surface area (Å²) >= 11 is 4.55. The molecule has 3 aromatic rings. The number of nitrogens with one attached hydrogen (secondary N) is 2. The molecule has 146 valence electrons. The van der Waals surface area contributed by atoms with E-state index >= 15 is 0 Å². The number of carbonyl (C=O) groups excluding carboxylic acids is 1. The standard InChI is InChI=1S/C18H18BrN5O3S/c1-2-7-24-15(20)14(16(26)23-18(24)27)13(25)9-28-17-21-8-12(22-17)10-3-5-11(19)6-4-10/h3-6,8H,2,7,9,20H2,1H3,(H,21,22)(H,23,26,27). The van der Waals surface area contributed by atoms with E-state index in [0.717, 1.165) is 27.5 Å². The van der Waals surface area contributed by atoms with Gasteiger partial charge in [0.2, 0.25) is 0 Å². The van der Waals surface area contributed by atoms with Crippen LogP contribution >= 0.6 is 27.7 Å². The molecule has 0 spiro atoms. The number of aromatic nitrogens is 4. The molecule has 0 atom stereocenters. The zero-order chi connectivity index (χ0) is 20.3. The number of nitrogens with two attached hydrogens (primary N) is 1. The number of carbonyl (C=O) groups is 1. The van der Waals surface area contributed by atoms with Crippen molar-refractivity contribution in [2.24, 2.45) is 0 Å². The number of aromatic amines is 2. The smallest absolute Gasteiger partial charge is 0.329 e. The number of benzene rings is 1. The summed E-state index contributed by atoms with van der Waals surface area (Å²) in [4.78, 5) is 46.0. The first kappa shape index (κ1) is 20.2. The molecule has 0 aliphatic rings. The number of halogens is 1. The third-order valence-corrected chi connectivity index (χ3v) is 5.43. The second-order valence-electron chi connectivity index (χ2n) is 5.99. The molecule has 4 N–H and O–H groups in total. The third kappa shape index (κ3) is 4.28. The van der Waals surface area contributed by atoms with Crippen LogP contribution in [0.4, 0.5) is 5.82 Å². The van der Waals surface area contributed by atoms with E-state index in [1.165, 1.54) is 4.57 Å². The van der Waals surface area contributed by atoms with E-state index in [1.807, 2.05) is 31.2 Å². The number of hydrogen-bond donors (Lipinski definition) is 3. The van der Waals surface area contributed by atoms with E-state index in [2.05, 4.69) is 30.9 Å². The number of hydrogen-bond acceptors (Lipinski definition) is 6. The Bertz CT molecular complexity index is 1120. The van der Waals surface area contributed by atoms with E-state index in [9.17, 15) is 14.4 Å². The Labute approximate surface area is 172 Å². The fourth-order valence-electron chi connectivity index (χ4n) is 2.66. The summed E-state index contributed by atoms with van der Waals surface area (Å²) in [6.45, 7) is 2.19. The minimum absolute atomic E-state index is 0.0368. The molecule has 0 saturated heterocycles. The molecule has 0 unspecified atom stereocenters. The quantitative estimate of drug-likeness (QED) is 0.365. The van der Waals surface area contributed by atoms with E-state index in [0.29, 0.717) is 18.1 Å². The maximum absolute atomic E-state index is 12.6. The molecule has 0 amide bonds. The van der Waals surface area contributed by atoms with Crippen LogP contribution in [0.2, 0.25) is 0 Å². The Hall–Kier alpha value is -2.59. The highest BCUT2D eigenvalue weighted by atomic mass is 79.9. The molecule has 2 aromatic heterocycles. The summed E-state index contributed by atoms with van der Waals surface area (Å²) in [5, 5.41) is 0.545. The molecule has 0 saturated carbocycles. The predicted molar refractivity (Wildman–Crippen MR) is 113 cm³/mol. The number of nitrogens with zero attached hydrogens (tertiary/aromatic N) is 2. The lowest BCUT2D eigenvalue weighted by atomic mass is 10.2. The van der Waals surface area contributed by atoms with Crippen molar-refractivity contribution in [3.8, 4) is 11.3 Å². The highest BCUT2D eigenvalue weighted by Gasteiger charge is 2.19. The van der Waals surface area contributed by atoms with Crippen molar-refractivity contribution in [1.29, 1.82) is 0 Å². The number of ketones is 1. The first-order valence-corrected chi connectivity index (χ1v) is 10.3. The van der Waals surface area contributed by atoms with Gasteiger partial charge in [0.15, 0.2) is 10.9 Å². The molecule has 1 aromatic carbocycles. The van der Waals surface area contributed by atoms with Gasteiger partial charge in [-0.05, 0) is 24.1 Å². The lowest BCUT2D eigenvalue weighted by Gasteiger charge is -2.10. The fourth-order valence-corrected chi connectivity index (χ4v) is 3.65. The molecule has 8 nitrogen and oxygen atoms in total. The van der Waals surface area contributed by atoms with Gasteiger partial charge in [-0.25, -0.2) is 9.78 Å². The van der Waals surface area contributed by atoms with Crippen LogP contribution in [-0.2, 0) is 6.54 Å². The number of Topliss-reactive ketones (excluding diaryl/α,β-unsaturated/α-hetero) is 1. The molecule has 2 heterocycles. The summed E-state index contributed by atoms with van der Waals surface area (Å²) in [5.41, 5.74) is 6.12. The fraction of sp³-hybridized carbons (Fsp3) is 0.222. The van der Waals surface area contributed by atoms with Gasteiger partial charge in [0, 0.05) is 11.0 Å². The number of imidazole rings is 1. The van der Waals surface area contributed by atoms with Crippen LogP contribution in [0.1, 0.15) is 23.7 Å². The largest absolute Gasteiger partial charge is 0.384 e. The van der Waals surface area contributed by atoms with E-state index in [1.54, 1.807) is 6.20 Å². The molecule has 0 fully saturated rings. The highest BCUT2D eigenvalue weighted by molar-refractivity contribution is 9.10. The van der Waals surface area contributed by atoms with Gasteiger partial charge in [0.05, 0.1) is 17.6 Å². The van der Waals surface area contributed by atoms with Crippen molar-refractivity contribution in [2.75, 3.05) is 11.5 Å². The number of thioether (sulfide) groups is 1. The first-order valence-electron chi connectivity index (χ1n) is 8.50. The SMILES string of the molecule is CCCn1c(N)c(C(=O)CSc2ncc(-c3ccc(Br)cc3)[nH]2)c(=O)[nH]c1=O. The van der Waals surface area contributed by atoms with Gasteiger partial charge in [0.1, 0.15) is 11.4 Å². The van der Waals surface area contributed by atoms with Gasteiger partial charge in [-0.1, -0.05) is 46.7 Å². The summed E-state index contributed by atoms with van der Waals surface area (Å²) < 4.78 is 2.18. The molecular weight excluding hydrogens is 446 g/mol. The Kier molecular flexibility index (Phi) is 6.20. The van der Waals surface area contributed by atoms with Crippen LogP contribution in [-0.4, -0.2) is 31.1 Å². The summed E-state index contributed by atoms with van der Waals surface area (Å²) in [6.07, 6.45) is 2.32. The Morgan fingerprint density at radius 2 is 1.96 bits per heavy atom. The van der Waals surface area contributed by atoms with Crippen LogP contribution in [0.3, 0.4) is 0 Å². The lowest BCUT2D eigenvalue weighted by molar-refractivity contribution is 0.102. The average molecular weight is 464 g/mol. The van der Waals surface area contributed by atoms with Gasteiger partial charge >= 0.3 is 5.69 Å². The number of rotatable bonds is 7. The summed E-state index contributed by atoms with van der Waals surface area (Å²) in [7, 11) is 0.